The molecule has 2 amide bonds. The number of rotatable bonds is 7. The van der Waals surface area contributed by atoms with Crippen molar-refractivity contribution in [1.82, 2.24) is 10.6 Å². The second-order valence-corrected chi connectivity index (χ2v) is 5.93. The van der Waals surface area contributed by atoms with Gasteiger partial charge in [-0.1, -0.05) is 24.3 Å². The van der Waals surface area contributed by atoms with E-state index < -0.39 is 0 Å². The molecule has 0 atom stereocenters. The molecule has 0 bridgehead atoms. The number of halogens is 1. The predicted octanol–water partition coefficient (Wildman–Crippen LogP) is 2.41. The summed E-state index contributed by atoms with van der Waals surface area (Å²) < 4.78 is 18.9. The van der Waals surface area contributed by atoms with E-state index in [1.807, 2.05) is 0 Å². The molecular formula is C19H19FN2O3. The zero-order valence-corrected chi connectivity index (χ0v) is 13.6. The van der Waals surface area contributed by atoms with Crippen LogP contribution in [0.5, 0.6) is 5.75 Å². The minimum atomic E-state index is -0.365. The average Bonchev–Trinajstić information content (AvgIpc) is 3.43. The van der Waals surface area contributed by atoms with E-state index in [2.05, 4.69) is 10.6 Å². The van der Waals surface area contributed by atoms with Crippen LogP contribution in [-0.2, 0) is 11.3 Å². The first kappa shape index (κ1) is 17.0. The van der Waals surface area contributed by atoms with E-state index in [0.29, 0.717) is 16.9 Å². The maximum Gasteiger partial charge on any atom is 0.258 e. The first-order valence-corrected chi connectivity index (χ1v) is 8.15. The van der Waals surface area contributed by atoms with Gasteiger partial charge in [-0.3, -0.25) is 9.59 Å². The van der Waals surface area contributed by atoms with Gasteiger partial charge in [0.1, 0.15) is 11.6 Å². The Morgan fingerprint density at radius 1 is 1.12 bits per heavy atom. The highest BCUT2D eigenvalue weighted by molar-refractivity contribution is 5.95. The Bertz CT molecular complexity index is 775. The molecular weight excluding hydrogens is 323 g/mol. The lowest BCUT2D eigenvalue weighted by atomic mass is 10.2. The van der Waals surface area contributed by atoms with Crippen LogP contribution in [0.15, 0.2) is 48.5 Å². The van der Waals surface area contributed by atoms with Gasteiger partial charge in [-0.05, 0) is 37.1 Å². The summed E-state index contributed by atoms with van der Waals surface area (Å²) in [4.78, 5) is 23.8. The molecule has 1 fully saturated rings. The number of amides is 2. The molecule has 2 aromatic carbocycles. The Morgan fingerprint density at radius 3 is 2.68 bits per heavy atom. The summed E-state index contributed by atoms with van der Waals surface area (Å²) in [5.41, 5.74) is 0.908. The van der Waals surface area contributed by atoms with Crippen LogP contribution in [0.2, 0.25) is 0 Å². The molecule has 0 heterocycles. The highest BCUT2D eigenvalue weighted by atomic mass is 19.1. The van der Waals surface area contributed by atoms with E-state index in [1.165, 1.54) is 6.07 Å². The molecule has 1 aliphatic carbocycles. The predicted molar refractivity (Wildman–Crippen MR) is 90.7 cm³/mol. The van der Waals surface area contributed by atoms with Crippen molar-refractivity contribution in [3.8, 4) is 5.75 Å². The monoisotopic (exact) mass is 342 g/mol. The van der Waals surface area contributed by atoms with E-state index in [4.69, 9.17) is 4.74 Å². The molecule has 0 unspecified atom stereocenters. The SMILES string of the molecule is O=C(COc1cccc(C(=O)NC2CC2)c1)NCc1ccccc1F. The second-order valence-electron chi connectivity index (χ2n) is 5.93. The Balaban J connectivity index is 1.48. The second kappa shape index (κ2) is 7.79. The number of nitrogens with one attached hydrogen (secondary N) is 2. The standard InChI is InChI=1S/C19H19FN2O3/c20-17-7-2-1-4-14(17)11-21-18(23)12-25-16-6-3-5-13(10-16)19(24)22-15-8-9-15/h1-7,10,15H,8-9,11-12H2,(H,21,23)(H,22,24). The van der Waals surface area contributed by atoms with Gasteiger partial charge in [-0.15, -0.1) is 0 Å². The summed E-state index contributed by atoms with van der Waals surface area (Å²) in [7, 11) is 0. The van der Waals surface area contributed by atoms with Gasteiger partial charge in [0.15, 0.2) is 6.61 Å². The van der Waals surface area contributed by atoms with Crippen molar-refractivity contribution in [3.05, 3.63) is 65.5 Å². The van der Waals surface area contributed by atoms with Gasteiger partial charge >= 0.3 is 0 Å². The molecule has 25 heavy (non-hydrogen) atoms. The number of benzene rings is 2. The molecule has 0 aromatic heterocycles. The van der Waals surface area contributed by atoms with Crippen LogP contribution in [-0.4, -0.2) is 24.5 Å². The van der Waals surface area contributed by atoms with Gasteiger partial charge in [0, 0.05) is 23.7 Å². The van der Waals surface area contributed by atoms with Crippen LogP contribution in [0.3, 0.4) is 0 Å². The first-order chi connectivity index (χ1) is 12.1. The van der Waals surface area contributed by atoms with E-state index in [9.17, 15) is 14.0 Å². The van der Waals surface area contributed by atoms with Crippen molar-refractivity contribution in [1.29, 1.82) is 0 Å². The maximum atomic E-state index is 13.5. The third-order valence-corrected chi connectivity index (χ3v) is 3.81. The minimum absolute atomic E-state index is 0.0959. The van der Waals surface area contributed by atoms with Crippen LogP contribution in [0, 0.1) is 5.82 Å². The van der Waals surface area contributed by atoms with Crippen molar-refractivity contribution in [3.63, 3.8) is 0 Å². The lowest BCUT2D eigenvalue weighted by Gasteiger charge is -2.09. The molecule has 1 aliphatic rings. The van der Waals surface area contributed by atoms with Crippen molar-refractivity contribution < 1.29 is 18.7 Å². The lowest BCUT2D eigenvalue weighted by molar-refractivity contribution is -0.123. The zero-order chi connectivity index (χ0) is 17.6. The molecule has 3 rings (SSSR count). The summed E-state index contributed by atoms with van der Waals surface area (Å²) in [6.07, 6.45) is 2.04. The van der Waals surface area contributed by atoms with Crippen LogP contribution in [0.1, 0.15) is 28.8 Å². The molecule has 1 saturated carbocycles. The van der Waals surface area contributed by atoms with Gasteiger partial charge in [-0.25, -0.2) is 4.39 Å². The maximum absolute atomic E-state index is 13.5. The molecule has 0 aliphatic heterocycles. The molecule has 6 heteroatoms. The fraction of sp³-hybridized carbons (Fsp3) is 0.263. The molecule has 130 valence electrons. The summed E-state index contributed by atoms with van der Waals surface area (Å²) in [5.74, 6) is -0.435. The lowest BCUT2D eigenvalue weighted by Crippen LogP contribution is -2.29. The van der Waals surface area contributed by atoms with E-state index >= 15 is 0 Å². The van der Waals surface area contributed by atoms with Gasteiger partial charge in [-0.2, -0.15) is 0 Å². The molecule has 0 radical (unpaired) electrons. The quantitative estimate of drug-likeness (QED) is 0.812. The summed E-state index contributed by atoms with van der Waals surface area (Å²) in [6, 6.07) is 13.2. The van der Waals surface area contributed by atoms with E-state index in [-0.39, 0.29) is 36.8 Å². The Hall–Kier alpha value is -2.89. The van der Waals surface area contributed by atoms with Crippen LogP contribution in [0.25, 0.3) is 0 Å². The number of carbonyl (C=O) groups excluding carboxylic acids is 2. The van der Waals surface area contributed by atoms with E-state index in [0.717, 1.165) is 12.8 Å². The molecule has 5 nitrogen and oxygen atoms in total. The molecule has 0 spiro atoms. The van der Waals surface area contributed by atoms with Crippen molar-refractivity contribution in [2.24, 2.45) is 0 Å². The van der Waals surface area contributed by atoms with Crippen molar-refractivity contribution >= 4 is 11.8 Å². The highest BCUT2D eigenvalue weighted by Gasteiger charge is 2.23. The van der Waals surface area contributed by atoms with Crippen LogP contribution < -0.4 is 15.4 Å². The van der Waals surface area contributed by atoms with Gasteiger partial charge in [0.25, 0.3) is 11.8 Å². The summed E-state index contributed by atoms with van der Waals surface area (Å²) >= 11 is 0. The smallest absolute Gasteiger partial charge is 0.258 e. The van der Waals surface area contributed by atoms with Crippen molar-refractivity contribution in [2.45, 2.75) is 25.4 Å². The first-order valence-electron chi connectivity index (χ1n) is 8.15. The van der Waals surface area contributed by atoms with Gasteiger partial charge < -0.3 is 15.4 Å². The van der Waals surface area contributed by atoms with E-state index in [1.54, 1.807) is 42.5 Å². The van der Waals surface area contributed by atoms with Crippen molar-refractivity contribution in [2.75, 3.05) is 6.61 Å². The fourth-order valence-corrected chi connectivity index (χ4v) is 2.26. The average molecular weight is 342 g/mol. The third kappa shape index (κ3) is 5.04. The van der Waals surface area contributed by atoms with Crippen LogP contribution >= 0.6 is 0 Å². The van der Waals surface area contributed by atoms with Crippen LogP contribution in [0.4, 0.5) is 4.39 Å². The number of carbonyl (C=O) groups is 2. The Morgan fingerprint density at radius 2 is 1.92 bits per heavy atom. The Kier molecular flexibility index (Phi) is 5.28. The number of hydrogen-bond donors (Lipinski definition) is 2. The van der Waals surface area contributed by atoms with Gasteiger partial charge in [0.05, 0.1) is 0 Å². The topological polar surface area (TPSA) is 67.4 Å². The molecule has 0 saturated heterocycles. The molecule has 2 aromatic rings. The number of ether oxygens (including phenoxy) is 1. The fourth-order valence-electron chi connectivity index (χ4n) is 2.26. The highest BCUT2D eigenvalue weighted by Crippen LogP contribution is 2.20. The zero-order valence-electron chi connectivity index (χ0n) is 13.6. The summed E-state index contributed by atoms with van der Waals surface area (Å²) in [5, 5.41) is 5.50. The normalized spacial score (nSPS) is 13.2. The largest absolute Gasteiger partial charge is 0.484 e. The van der Waals surface area contributed by atoms with Gasteiger partial charge in [0.2, 0.25) is 0 Å². The third-order valence-electron chi connectivity index (χ3n) is 3.81. The minimum Gasteiger partial charge on any atom is -0.484 e. The molecule has 2 N–H and O–H groups in total. The Labute approximate surface area is 145 Å². The summed E-state index contributed by atoms with van der Waals surface area (Å²) in [6.45, 7) is -0.110. The number of hydrogen-bond acceptors (Lipinski definition) is 3.